The van der Waals surface area contributed by atoms with E-state index in [1.54, 1.807) is 23.2 Å². The van der Waals surface area contributed by atoms with Gasteiger partial charge in [0.15, 0.2) is 5.76 Å². The molecule has 0 bridgehead atoms. The number of aromatic nitrogens is 2. The standard InChI is InChI=1S/C17H22N4O6S/c1-26-8-15(23)20-6-12-7-21(10-17(12,9-20)11-22)28(24,25)16-3-2-14(27-16)13-4-5-18-19-13/h2-5,12,22H,6-11H2,1H3,(H,18,19). The number of aliphatic hydroxyl groups excluding tert-OH is 1. The van der Waals surface area contributed by atoms with Crippen molar-refractivity contribution >= 4 is 15.9 Å². The number of fused-ring (bicyclic) bond motifs is 1. The summed E-state index contributed by atoms with van der Waals surface area (Å²) in [5.41, 5.74) is -0.0891. The number of hydrogen-bond acceptors (Lipinski definition) is 7. The Labute approximate surface area is 162 Å². The SMILES string of the molecule is COCC(=O)N1CC2CN(S(=O)(=O)c3ccc(-c4ccn[nH]4)o3)CC2(CO)C1. The molecule has 0 aromatic carbocycles. The molecule has 10 nitrogen and oxygen atoms in total. The summed E-state index contributed by atoms with van der Waals surface area (Å²) in [6.07, 6.45) is 1.55. The monoisotopic (exact) mass is 410 g/mol. The van der Waals surface area contributed by atoms with Gasteiger partial charge >= 0.3 is 0 Å². The van der Waals surface area contributed by atoms with Gasteiger partial charge in [0.25, 0.3) is 10.0 Å². The third-order valence-electron chi connectivity index (χ3n) is 5.60. The molecular formula is C17H22N4O6S. The third kappa shape index (κ3) is 3.04. The zero-order chi connectivity index (χ0) is 19.9. The number of likely N-dealkylation sites (tertiary alicyclic amines) is 1. The molecule has 2 atom stereocenters. The van der Waals surface area contributed by atoms with Gasteiger partial charge in [0, 0.05) is 50.8 Å². The molecule has 152 valence electrons. The van der Waals surface area contributed by atoms with Crippen LogP contribution in [0.2, 0.25) is 0 Å². The number of nitrogens with zero attached hydrogens (tertiary/aromatic N) is 3. The molecule has 28 heavy (non-hydrogen) atoms. The zero-order valence-corrected chi connectivity index (χ0v) is 16.2. The molecule has 2 unspecified atom stereocenters. The summed E-state index contributed by atoms with van der Waals surface area (Å²) in [4.78, 5) is 13.8. The normalized spacial score (nSPS) is 25.4. The number of aromatic amines is 1. The topological polar surface area (TPSA) is 129 Å². The van der Waals surface area contributed by atoms with E-state index in [-0.39, 0.29) is 43.2 Å². The fraction of sp³-hybridized carbons (Fsp3) is 0.529. The zero-order valence-electron chi connectivity index (χ0n) is 15.4. The molecule has 4 rings (SSSR count). The Bertz CT molecular complexity index is 956. The van der Waals surface area contributed by atoms with Crippen LogP contribution in [0.15, 0.2) is 33.9 Å². The second kappa shape index (κ2) is 6.99. The summed E-state index contributed by atoms with van der Waals surface area (Å²) in [7, 11) is -2.40. The number of amides is 1. The maximum absolute atomic E-state index is 13.0. The van der Waals surface area contributed by atoms with Gasteiger partial charge in [-0.25, -0.2) is 8.42 Å². The maximum Gasteiger partial charge on any atom is 0.276 e. The second-order valence-corrected chi connectivity index (χ2v) is 9.18. The van der Waals surface area contributed by atoms with Crippen LogP contribution < -0.4 is 0 Å². The molecule has 2 aliphatic heterocycles. The van der Waals surface area contributed by atoms with E-state index in [9.17, 15) is 18.3 Å². The molecule has 1 amide bonds. The number of sulfonamides is 1. The van der Waals surface area contributed by atoms with Gasteiger partial charge in [0.2, 0.25) is 11.0 Å². The van der Waals surface area contributed by atoms with Crippen molar-refractivity contribution < 1.29 is 27.5 Å². The van der Waals surface area contributed by atoms with Gasteiger partial charge in [-0.15, -0.1) is 0 Å². The van der Waals surface area contributed by atoms with Crippen LogP contribution in [0.3, 0.4) is 0 Å². The number of ether oxygens (including phenoxy) is 1. The van der Waals surface area contributed by atoms with Gasteiger partial charge in [0.1, 0.15) is 12.3 Å². The molecule has 0 spiro atoms. The van der Waals surface area contributed by atoms with E-state index in [0.29, 0.717) is 24.5 Å². The Balaban J connectivity index is 1.53. The predicted molar refractivity (Wildman–Crippen MR) is 96.5 cm³/mol. The van der Waals surface area contributed by atoms with Crippen LogP contribution in [-0.4, -0.2) is 85.3 Å². The van der Waals surface area contributed by atoms with Gasteiger partial charge in [-0.1, -0.05) is 0 Å². The van der Waals surface area contributed by atoms with Crippen LogP contribution in [0, 0.1) is 11.3 Å². The van der Waals surface area contributed by atoms with E-state index < -0.39 is 15.4 Å². The number of hydrogen-bond donors (Lipinski definition) is 2. The summed E-state index contributed by atoms with van der Waals surface area (Å²) < 4.78 is 37.9. The summed E-state index contributed by atoms with van der Waals surface area (Å²) in [5.74, 6) is 0.0770. The van der Waals surface area contributed by atoms with E-state index in [1.165, 1.54) is 17.5 Å². The van der Waals surface area contributed by atoms with Gasteiger partial charge < -0.3 is 19.2 Å². The molecule has 0 saturated carbocycles. The quantitative estimate of drug-likeness (QED) is 0.672. The highest BCUT2D eigenvalue weighted by atomic mass is 32.2. The summed E-state index contributed by atoms with van der Waals surface area (Å²) >= 11 is 0. The van der Waals surface area contributed by atoms with E-state index in [1.807, 2.05) is 0 Å². The molecule has 2 saturated heterocycles. The molecule has 2 aromatic heterocycles. The van der Waals surface area contributed by atoms with Crippen molar-refractivity contribution in [1.29, 1.82) is 0 Å². The molecule has 11 heteroatoms. The Morgan fingerprint density at radius 3 is 2.86 bits per heavy atom. The van der Waals surface area contributed by atoms with Crippen LogP contribution in [0.4, 0.5) is 0 Å². The summed E-state index contributed by atoms with van der Waals surface area (Å²) in [6, 6.07) is 4.67. The molecule has 4 heterocycles. The minimum atomic E-state index is -3.85. The van der Waals surface area contributed by atoms with Crippen LogP contribution in [-0.2, 0) is 19.6 Å². The lowest BCUT2D eigenvalue weighted by Gasteiger charge is -2.26. The molecule has 2 aliphatic rings. The van der Waals surface area contributed by atoms with Gasteiger partial charge in [-0.2, -0.15) is 9.40 Å². The fourth-order valence-electron chi connectivity index (χ4n) is 4.07. The van der Waals surface area contributed by atoms with Crippen LogP contribution in [0.1, 0.15) is 0 Å². The van der Waals surface area contributed by atoms with Gasteiger partial charge in [-0.05, 0) is 18.2 Å². The number of methoxy groups -OCH3 is 1. The first kappa shape index (κ1) is 19.1. The smallest absolute Gasteiger partial charge is 0.276 e. The van der Waals surface area contributed by atoms with Crippen LogP contribution in [0.5, 0.6) is 0 Å². The molecule has 2 N–H and O–H groups in total. The highest BCUT2D eigenvalue weighted by Gasteiger charge is 2.56. The van der Waals surface area contributed by atoms with Crippen LogP contribution >= 0.6 is 0 Å². The van der Waals surface area contributed by atoms with E-state index in [2.05, 4.69) is 10.2 Å². The fourth-order valence-corrected chi connectivity index (χ4v) is 5.56. The predicted octanol–water partition coefficient (Wildman–Crippen LogP) is -0.242. The largest absolute Gasteiger partial charge is 0.442 e. The molecular weight excluding hydrogens is 388 g/mol. The number of aliphatic hydroxyl groups is 1. The number of H-pyrrole nitrogens is 1. The molecule has 0 aliphatic carbocycles. The molecule has 2 aromatic rings. The van der Waals surface area contributed by atoms with Crippen molar-refractivity contribution in [2.24, 2.45) is 11.3 Å². The number of carbonyl (C=O) groups is 1. The number of rotatable bonds is 6. The highest BCUT2D eigenvalue weighted by Crippen LogP contribution is 2.44. The van der Waals surface area contributed by atoms with Crippen molar-refractivity contribution in [3.63, 3.8) is 0 Å². The van der Waals surface area contributed by atoms with Crippen molar-refractivity contribution in [1.82, 2.24) is 19.4 Å². The van der Waals surface area contributed by atoms with Crippen molar-refractivity contribution in [2.45, 2.75) is 5.09 Å². The van der Waals surface area contributed by atoms with Crippen LogP contribution in [0.25, 0.3) is 11.5 Å². The third-order valence-corrected chi connectivity index (χ3v) is 7.29. The Morgan fingerprint density at radius 1 is 1.39 bits per heavy atom. The first-order valence-corrected chi connectivity index (χ1v) is 10.3. The minimum absolute atomic E-state index is 0.0288. The van der Waals surface area contributed by atoms with Crippen molar-refractivity contribution in [2.75, 3.05) is 46.5 Å². The number of nitrogens with one attached hydrogen (secondary N) is 1. The first-order valence-electron chi connectivity index (χ1n) is 8.87. The lowest BCUT2D eigenvalue weighted by atomic mass is 9.82. The van der Waals surface area contributed by atoms with Crippen molar-refractivity contribution in [3.8, 4) is 11.5 Å². The average molecular weight is 410 g/mol. The van der Waals surface area contributed by atoms with Gasteiger partial charge in [-0.3, -0.25) is 9.89 Å². The number of furan rings is 1. The lowest BCUT2D eigenvalue weighted by molar-refractivity contribution is -0.134. The number of carbonyl (C=O) groups excluding carboxylic acids is 1. The maximum atomic E-state index is 13.0. The van der Waals surface area contributed by atoms with Gasteiger partial charge in [0.05, 0.1) is 6.61 Å². The lowest BCUT2D eigenvalue weighted by Crippen LogP contribution is -2.41. The minimum Gasteiger partial charge on any atom is -0.442 e. The Morgan fingerprint density at radius 2 is 2.21 bits per heavy atom. The van der Waals surface area contributed by atoms with Crippen molar-refractivity contribution in [3.05, 3.63) is 24.4 Å². The highest BCUT2D eigenvalue weighted by molar-refractivity contribution is 7.89. The Hall–Kier alpha value is -2.21. The molecule has 0 radical (unpaired) electrons. The summed E-state index contributed by atoms with van der Waals surface area (Å²) in [5, 5.41) is 16.4. The van der Waals surface area contributed by atoms with E-state index >= 15 is 0 Å². The summed E-state index contributed by atoms with van der Waals surface area (Å²) in [6.45, 7) is 0.830. The first-order chi connectivity index (χ1) is 13.4. The second-order valence-electron chi connectivity index (χ2n) is 7.31. The van der Waals surface area contributed by atoms with E-state index in [0.717, 1.165) is 0 Å². The Kier molecular flexibility index (Phi) is 4.78. The molecule has 2 fully saturated rings. The average Bonchev–Trinajstić information content (AvgIpc) is 3.43. The van der Waals surface area contributed by atoms with E-state index in [4.69, 9.17) is 9.15 Å².